The summed E-state index contributed by atoms with van der Waals surface area (Å²) in [6.07, 6.45) is 3.72. The zero-order valence-corrected chi connectivity index (χ0v) is 17.8. The topological polar surface area (TPSA) is 87.3 Å². The van der Waals surface area contributed by atoms with Gasteiger partial charge in [-0.1, -0.05) is 36.8 Å². The highest BCUT2D eigenvalue weighted by Gasteiger charge is 2.23. The van der Waals surface area contributed by atoms with Crippen molar-refractivity contribution in [2.75, 3.05) is 26.7 Å². The van der Waals surface area contributed by atoms with Gasteiger partial charge in [-0.2, -0.15) is 5.10 Å². The Bertz CT molecular complexity index is 1090. The number of piperidine rings is 1. The van der Waals surface area contributed by atoms with Crippen LogP contribution in [0, 0.1) is 0 Å². The fourth-order valence-electron chi connectivity index (χ4n) is 4.25. The number of H-pyrrole nitrogens is 1. The van der Waals surface area contributed by atoms with Crippen LogP contribution in [-0.4, -0.2) is 47.7 Å². The molecule has 1 fully saturated rings. The zero-order chi connectivity index (χ0) is 21.6. The zero-order valence-electron chi connectivity index (χ0n) is 17.8. The molecule has 2 aromatic carbocycles. The molecule has 0 spiro atoms. The molecular formula is C24H28N4O3. The second-order valence-electron chi connectivity index (χ2n) is 7.91. The van der Waals surface area contributed by atoms with Gasteiger partial charge in [0.1, 0.15) is 5.75 Å². The summed E-state index contributed by atoms with van der Waals surface area (Å²) < 4.78 is 5.29. The number of ether oxygens (including phenoxy) is 1. The molecule has 4 rings (SSSR count). The smallest absolute Gasteiger partial charge is 0.272 e. The van der Waals surface area contributed by atoms with E-state index >= 15 is 0 Å². The first-order valence-corrected chi connectivity index (χ1v) is 10.8. The van der Waals surface area contributed by atoms with Crippen molar-refractivity contribution in [1.29, 1.82) is 0 Å². The van der Waals surface area contributed by atoms with Crippen LogP contribution < -0.4 is 15.6 Å². The van der Waals surface area contributed by atoms with Crippen LogP contribution in [0.2, 0.25) is 0 Å². The lowest BCUT2D eigenvalue weighted by molar-refractivity contribution is -0.120. The molecule has 1 saturated heterocycles. The summed E-state index contributed by atoms with van der Waals surface area (Å²) in [5, 5.41) is 11.0. The highest BCUT2D eigenvalue weighted by atomic mass is 16.5. The molecule has 7 nitrogen and oxygen atoms in total. The van der Waals surface area contributed by atoms with Crippen LogP contribution in [-0.2, 0) is 11.2 Å². The lowest BCUT2D eigenvalue weighted by Crippen LogP contribution is -2.41. The molecule has 1 amide bonds. The molecule has 7 heteroatoms. The van der Waals surface area contributed by atoms with Crippen molar-refractivity contribution in [3.63, 3.8) is 0 Å². The van der Waals surface area contributed by atoms with Crippen LogP contribution in [0.1, 0.15) is 36.6 Å². The number of amides is 1. The van der Waals surface area contributed by atoms with Crippen LogP contribution in [0.4, 0.5) is 0 Å². The molecule has 31 heavy (non-hydrogen) atoms. The number of likely N-dealkylation sites (tertiary alicyclic amines) is 1. The van der Waals surface area contributed by atoms with Crippen LogP contribution in [0.25, 0.3) is 10.8 Å². The number of hydrogen-bond donors (Lipinski definition) is 2. The van der Waals surface area contributed by atoms with Crippen molar-refractivity contribution in [3.8, 4) is 5.75 Å². The first-order valence-electron chi connectivity index (χ1n) is 10.8. The lowest BCUT2D eigenvalue weighted by atomic mass is 10.0. The molecule has 2 N–H and O–H groups in total. The SMILES string of the molecule is COc1ccc(C(CNC(=O)Cc2n[nH]c(=O)c3ccccc23)N2CCCCC2)cc1. The average molecular weight is 421 g/mol. The van der Waals surface area contributed by atoms with Crippen molar-refractivity contribution in [1.82, 2.24) is 20.4 Å². The van der Waals surface area contributed by atoms with E-state index in [0.717, 1.165) is 24.4 Å². The number of aromatic amines is 1. The molecule has 1 aliphatic rings. The van der Waals surface area contributed by atoms with Gasteiger partial charge < -0.3 is 10.1 Å². The Hall–Kier alpha value is -3.19. The first-order chi connectivity index (χ1) is 15.2. The van der Waals surface area contributed by atoms with Gasteiger partial charge in [0.25, 0.3) is 5.56 Å². The van der Waals surface area contributed by atoms with E-state index in [4.69, 9.17) is 4.74 Å². The molecule has 1 atom stereocenters. The minimum absolute atomic E-state index is 0.107. The van der Waals surface area contributed by atoms with Crippen LogP contribution in [0.5, 0.6) is 5.75 Å². The van der Waals surface area contributed by atoms with Crippen LogP contribution in [0.15, 0.2) is 53.3 Å². The predicted octanol–water partition coefficient (Wildman–Crippen LogP) is 2.82. The summed E-state index contributed by atoms with van der Waals surface area (Å²) in [6.45, 7) is 2.57. The maximum absolute atomic E-state index is 12.8. The second-order valence-corrected chi connectivity index (χ2v) is 7.91. The summed E-state index contributed by atoms with van der Waals surface area (Å²) in [5.41, 5.74) is 1.49. The Morgan fingerprint density at radius 3 is 2.52 bits per heavy atom. The molecule has 0 bridgehead atoms. The fraction of sp³-hybridized carbons (Fsp3) is 0.375. The Kier molecular flexibility index (Phi) is 6.62. The second kappa shape index (κ2) is 9.75. The van der Waals surface area contributed by atoms with Crippen molar-refractivity contribution in [3.05, 3.63) is 70.1 Å². The summed E-state index contributed by atoms with van der Waals surface area (Å²) >= 11 is 0. The van der Waals surface area contributed by atoms with E-state index in [2.05, 4.69) is 32.5 Å². The number of nitrogens with zero attached hydrogens (tertiary/aromatic N) is 2. The highest BCUT2D eigenvalue weighted by molar-refractivity contribution is 5.88. The highest BCUT2D eigenvalue weighted by Crippen LogP contribution is 2.26. The third-order valence-corrected chi connectivity index (χ3v) is 5.93. The Labute approximate surface area is 181 Å². The van der Waals surface area contributed by atoms with E-state index in [9.17, 15) is 9.59 Å². The minimum atomic E-state index is -0.246. The van der Waals surface area contributed by atoms with E-state index in [-0.39, 0.29) is 23.9 Å². The van der Waals surface area contributed by atoms with E-state index in [1.807, 2.05) is 24.3 Å². The monoisotopic (exact) mass is 420 g/mol. The molecule has 0 saturated carbocycles. The number of nitrogens with one attached hydrogen (secondary N) is 2. The normalized spacial score (nSPS) is 15.5. The van der Waals surface area contributed by atoms with E-state index in [1.165, 1.54) is 19.3 Å². The quantitative estimate of drug-likeness (QED) is 0.614. The van der Waals surface area contributed by atoms with Gasteiger partial charge in [0.2, 0.25) is 5.91 Å². The predicted molar refractivity (Wildman–Crippen MR) is 120 cm³/mol. The number of methoxy groups -OCH3 is 1. The Morgan fingerprint density at radius 2 is 1.81 bits per heavy atom. The summed E-state index contributed by atoms with van der Waals surface area (Å²) in [7, 11) is 1.66. The van der Waals surface area contributed by atoms with Gasteiger partial charge in [-0.05, 0) is 49.7 Å². The maximum Gasteiger partial charge on any atom is 0.272 e. The van der Waals surface area contributed by atoms with Crippen LogP contribution in [0.3, 0.4) is 0 Å². The Morgan fingerprint density at radius 1 is 1.10 bits per heavy atom. The van der Waals surface area contributed by atoms with E-state index < -0.39 is 0 Å². The van der Waals surface area contributed by atoms with E-state index in [1.54, 1.807) is 19.2 Å². The number of rotatable bonds is 7. The number of benzene rings is 2. The van der Waals surface area contributed by atoms with Gasteiger partial charge in [0.05, 0.1) is 30.7 Å². The minimum Gasteiger partial charge on any atom is -0.497 e. The molecule has 0 aliphatic carbocycles. The third kappa shape index (κ3) is 4.94. The lowest BCUT2D eigenvalue weighted by Gasteiger charge is -2.35. The number of hydrogen-bond acceptors (Lipinski definition) is 5. The number of carbonyl (C=O) groups is 1. The largest absolute Gasteiger partial charge is 0.497 e. The molecule has 1 unspecified atom stereocenters. The van der Waals surface area contributed by atoms with Gasteiger partial charge in [-0.25, -0.2) is 5.10 Å². The first kappa shape index (κ1) is 21.1. The van der Waals surface area contributed by atoms with Gasteiger partial charge in [-0.15, -0.1) is 0 Å². The molecule has 1 aliphatic heterocycles. The summed E-state index contributed by atoms with van der Waals surface area (Å²) in [4.78, 5) is 27.2. The third-order valence-electron chi connectivity index (χ3n) is 5.93. The van der Waals surface area contributed by atoms with Crippen molar-refractivity contribution >= 4 is 16.7 Å². The number of aromatic nitrogens is 2. The average Bonchev–Trinajstić information content (AvgIpc) is 2.82. The van der Waals surface area contributed by atoms with Crippen molar-refractivity contribution < 1.29 is 9.53 Å². The molecule has 2 heterocycles. The number of carbonyl (C=O) groups excluding carboxylic acids is 1. The van der Waals surface area contributed by atoms with Crippen molar-refractivity contribution in [2.45, 2.75) is 31.7 Å². The van der Waals surface area contributed by atoms with E-state index in [0.29, 0.717) is 23.0 Å². The summed E-state index contributed by atoms with van der Waals surface area (Å²) in [6, 6.07) is 15.4. The van der Waals surface area contributed by atoms with Crippen LogP contribution >= 0.6 is 0 Å². The molecule has 0 radical (unpaired) electrons. The summed E-state index contributed by atoms with van der Waals surface area (Å²) in [5.74, 6) is 0.710. The fourth-order valence-corrected chi connectivity index (χ4v) is 4.25. The van der Waals surface area contributed by atoms with Gasteiger partial charge in [0, 0.05) is 11.9 Å². The van der Waals surface area contributed by atoms with Gasteiger partial charge >= 0.3 is 0 Å². The number of fused-ring (bicyclic) bond motifs is 1. The van der Waals surface area contributed by atoms with Gasteiger partial charge in [0.15, 0.2) is 0 Å². The molecule has 1 aromatic heterocycles. The maximum atomic E-state index is 12.8. The molecule has 162 valence electrons. The van der Waals surface area contributed by atoms with Crippen molar-refractivity contribution in [2.24, 2.45) is 0 Å². The Balaban J connectivity index is 1.48. The standard InChI is InChI=1S/C24H28N4O3/c1-31-18-11-9-17(10-12-18)22(28-13-5-2-6-14-28)16-25-23(29)15-21-19-7-3-4-8-20(19)24(30)27-26-21/h3-4,7-12,22H,2,5-6,13-16H2,1H3,(H,25,29)(H,27,30). The van der Waals surface area contributed by atoms with Gasteiger partial charge in [-0.3, -0.25) is 14.5 Å². The molecule has 3 aromatic rings. The molecular weight excluding hydrogens is 392 g/mol.